The first-order valence-electron chi connectivity index (χ1n) is 5.04. The van der Waals surface area contributed by atoms with Crippen LogP contribution in [-0.4, -0.2) is 41.7 Å². The number of likely N-dealkylation sites (tertiary alicyclic amines) is 1. The van der Waals surface area contributed by atoms with Gasteiger partial charge in [0.15, 0.2) is 0 Å². The fourth-order valence-electron chi connectivity index (χ4n) is 2.10. The summed E-state index contributed by atoms with van der Waals surface area (Å²) in [6, 6.07) is 0.252. The lowest BCUT2D eigenvalue weighted by atomic mass is 9.84. The standard InChI is InChI=1S/C9H18BN2O2/c1-9(2,3)12-6-8(13)4-7(12)5-10-11-14/h7-8,13H,4-6H2,1-3H3. The van der Waals surface area contributed by atoms with Crippen LogP contribution in [0.5, 0.6) is 0 Å². The number of aliphatic hydroxyl groups is 1. The second-order valence-electron chi connectivity index (χ2n) is 4.89. The maximum Gasteiger partial charge on any atom is 0.338 e. The Morgan fingerprint density at radius 3 is 2.71 bits per heavy atom. The van der Waals surface area contributed by atoms with Crippen LogP contribution in [0.1, 0.15) is 27.2 Å². The summed E-state index contributed by atoms with van der Waals surface area (Å²) < 4.78 is 0. The Morgan fingerprint density at radius 2 is 2.21 bits per heavy atom. The van der Waals surface area contributed by atoms with Crippen molar-refractivity contribution in [1.29, 1.82) is 0 Å². The molecule has 1 aliphatic heterocycles. The highest BCUT2D eigenvalue weighted by atomic mass is 16.3. The predicted molar refractivity (Wildman–Crippen MR) is 57.2 cm³/mol. The van der Waals surface area contributed by atoms with Crippen molar-refractivity contribution >= 4 is 7.41 Å². The van der Waals surface area contributed by atoms with Crippen LogP contribution in [0.3, 0.4) is 0 Å². The van der Waals surface area contributed by atoms with Gasteiger partial charge in [0.05, 0.1) is 6.10 Å². The Kier molecular flexibility index (Phi) is 3.67. The van der Waals surface area contributed by atoms with Crippen molar-refractivity contribution in [2.45, 2.75) is 51.2 Å². The zero-order valence-corrected chi connectivity index (χ0v) is 9.10. The highest BCUT2D eigenvalue weighted by Gasteiger charge is 2.37. The molecule has 1 N–H and O–H groups in total. The van der Waals surface area contributed by atoms with Gasteiger partial charge in [-0.3, -0.25) is 4.90 Å². The van der Waals surface area contributed by atoms with Crippen LogP contribution >= 0.6 is 0 Å². The smallest absolute Gasteiger partial charge is 0.338 e. The molecule has 2 atom stereocenters. The van der Waals surface area contributed by atoms with Crippen molar-refractivity contribution in [3.8, 4) is 0 Å². The predicted octanol–water partition coefficient (Wildman–Crippen LogP) is 1.02. The molecule has 1 rings (SSSR count). The average molecular weight is 197 g/mol. The molecule has 0 aromatic rings. The topological polar surface area (TPSA) is 52.9 Å². The van der Waals surface area contributed by atoms with Gasteiger partial charge in [-0.05, 0) is 33.5 Å². The first-order valence-corrected chi connectivity index (χ1v) is 5.04. The number of nitrogens with zero attached hydrogens (tertiary/aromatic N) is 2. The molecule has 0 spiro atoms. The minimum absolute atomic E-state index is 0.0405. The van der Waals surface area contributed by atoms with E-state index in [1.54, 1.807) is 0 Å². The molecule has 0 bridgehead atoms. The second kappa shape index (κ2) is 4.40. The van der Waals surface area contributed by atoms with E-state index in [1.807, 2.05) is 0 Å². The molecule has 14 heavy (non-hydrogen) atoms. The summed E-state index contributed by atoms with van der Waals surface area (Å²) in [7, 11) is 1.39. The Morgan fingerprint density at radius 1 is 1.57 bits per heavy atom. The summed E-state index contributed by atoms with van der Waals surface area (Å²) in [6.07, 6.45) is 1.11. The fraction of sp³-hybridized carbons (Fsp3) is 1.00. The molecular weight excluding hydrogens is 179 g/mol. The second-order valence-corrected chi connectivity index (χ2v) is 4.89. The number of hydrogen-bond donors (Lipinski definition) is 1. The van der Waals surface area contributed by atoms with Crippen molar-refractivity contribution in [2.24, 2.45) is 5.09 Å². The van der Waals surface area contributed by atoms with Crippen molar-refractivity contribution in [3.05, 3.63) is 4.91 Å². The van der Waals surface area contributed by atoms with Gasteiger partial charge in [-0.2, -0.15) is 4.91 Å². The average Bonchev–Trinajstić information content (AvgIpc) is 2.42. The van der Waals surface area contributed by atoms with Crippen molar-refractivity contribution in [3.63, 3.8) is 0 Å². The number of hydrogen-bond acceptors (Lipinski definition) is 4. The summed E-state index contributed by atoms with van der Waals surface area (Å²) in [5, 5.41) is 12.3. The molecule has 1 fully saturated rings. The third-order valence-electron chi connectivity index (χ3n) is 2.71. The van der Waals surface area contributed by atoms with Crippen LogP contribution in [0.4, 0.5) is 0 Å². The lowest BCUT2D eigenvalue weighted by molar-refractivity contribution is 0.109. The van der Waals surface area contributed by atoms with Crippen molar-refractivity contribution < 1.29 is 5.11 Å². The minimum Gasteiger partial charge on any atom is -0.392 e. The van der Waals surface area contributed by atoms with E-state index in [1.165, 1.54) is 7.41 Å². The fourth-order valence-corrected chi connectivity index (χ4v) is 2.10. The number of rotatable bonds is 3. The number of nitroso groups, excluding NO2 is 1. The van der Waals surface area contributed by atoms with Crippen LogP contribution in [0.2, 0.25) is 6.32 Å². The van der Waals surface area contributed by atoms with Gasteiger partial charge in [0.25, 0.3) is 0 Å². The van der Waals surface area contributed by atoms with E-state index in [2.05, 4.69) is 30.8 Å². The summed E-state index contributed by atoms with van der Waals surface area (Å²) in [5.74, 6) is 0. The number of β-amino-alcohol motifs (C(OH)–C–C–N with tert-alkyl or cyclic N) is 1. The quantitative estimate of drug-likeness (QED) is 0.542. The molecule has 4 nitrogen and oxygen atoms in total. The van der Waals surface area contributed by atoms with Crippen LogP contribution in [-0.2, 0) is 0 Å². The zero-order valence-electron chi connectivity index (χ0n) is 9.10. The lowest BCUT2D eigenvalue weighted by Crippen LogP contribution is -2.45. The molecule has 1 aliphatic rings. The van der Waals surface area contributed by atoms with Gasteiger partial charge in [-0.15, -0.1) is 5.09 Å². The summed E-state index contributed by atoms with van der Waals surface area (Å²) in [6.45, 7) is 7.05. The normalized spacial score (nSPS) is 29.1. The highest BCUT2D eigenvalue weighted by molar-refractivity contribution is 6.33. The molecule has 0 saturated carbocycles. The van der Waals surface area contributed by atoms with Gasteiger partial charge in [0.2, 0.25) is 0 Å². The molecule has 2 unspecified atom stereocenters. The van der Waals surface area contributed by atoms with Crippen molar-refractivity contribution in [1.82, 2.24) is 4.90 Å². The molecule has 79 valence electrons. The Bertz CT molecular complexity index is 205. The monoisotopic (exact) mass is 197 g/mol. The van der Waals surface area contributed by atoms with Crippen LogP contribution in [0.15, 0.2) is 5.09 Å². The Hall–Kier alpha value is -0.415. The van der Waals surface area contributed by atoms with Gasteiger partial charge in [0, 0.05) is 18.1 Å². The van der Waals surface area contributed by atoms with Crippen LogP contribution in [0.25, 0.3) is 0 Å². The number of aliphatic hydroxyl groups excluding tert-OH is 1. The Balaban J connectivity index is 2.58. The van der Waals surface area contributed by atoms with E-state index < -0.39 is 0 Å². The molecule has 0 aromatic carbocycles. The summed E-state index contributed by atoms with van der Waals surface area (Å²) in [4.78, 5) is 12.2. The van der Waals surface area contributed by atoms with Gasteiger partial charge in [0.1, 0.15) is 0 Å². The van der Waals surface area contributed by atoms with Crippen LogP contribution < -0.4 is 0 Å². The minimum atomic E-state index is -0.265. The maximum atomic E-state index is 10.0. The van der Waals surface area contributed by atoms with E-state index in [9.17, 15) is 10.0 Å². The highest BCUT2D eigenvalue weighted by Crippen LogP contribution is 2.28. The van der Waals surface area contributed by atoms with E-state index in [4.69, 9.17) is 0 Å². The van der Waals surface area contributed by atoms with E-state index in [0.29, 0.717) is 12.9 Å². The first kappa shape index (κ1) is 11.7. The largest absolute Gasteiger partial charge is 0.392 e. The lowest BCUT2D eigenvalue weighted by Gasteiger charge is -2.36. The summed E-state index contributed by atoms with van der Waals surface area (Å²) in [5.41, 5.74) is 0.0405. The molecule has 1 radical (unpaired) electrons. The zero-order chi connectivity index (χ0) is 10.8. The third-order valence-corrected chi connectivity index (χ3v) is 2.71. The SMILES string of the molecule is CC(C)(C)N1CC(O)CC1C[B]N=O. The van der Waals surface area contributed by atoms with Gasteiger partial charge in [-0.25, -0.2) is 0 Å². The third kappa shape index (κ3) is 2.79. The van der Waals surface area contributed by atoms with Gasteiger partial charge in [-0.1, -0.05) is 0 Å². The maximum absolute atomic E-state index is 10.0. The van der Waals surface area contributed by atoms with Gasteiger partial charge >= 0.3 is 7.41 Å². The van der Waals surface area contributed by atoms with E-state index in [0.717, 1.165) is 6.42 Å². The first-order chi connectivity index (χ1) is 6.45. The summed E-state index contributed by atoms with van der Waals surface area (Å²) >= 11 is 0. The van der Waals surface area contributed by atoms with Gasteiger partial charge < -0.3 is 5.11 Å². The van der Waals surface area contributed by atoms with E-state index in [-0.39, 0.29) is 17.7 Å². The molecule has 1 saturated heterocycles. The van der Waals surface area contributed by atoms with Crippen molar-refractivity contribution in [2.75, 3.05) is 6.54 Å². The van der Waals surface area contributed by atoms with Crippen LogP contribution in [0, 0.1) is 4.91 Å². The molecule has 5 heteroatoms. The molecule has 1 heterocycles. The molecule has 0 aliphatic carbocycles. The molecule has 0 aromatic heterocycles. The molecule has 0 amide bonds. The molecular formula is C9H18BN2O2. The Labute approximate surface area is 85.9 Å². The van der Waals surface area contributed by atoms with E-state index >= 15 is 0 Å².